The van der Waals surface area contributed by atoms with Gasteiger partial charge in [-0.3, -0.25) is 0 Å². The van der Waals surface area contributed by atoms with E-state index in [1.165, 1.54) is 18.5 Å². The van der Waals surface area contributed by atoms with Crippen molar-refractivity contribution in [3.05, 3.63) is 41.5 Å². The van der Waals surface area contributed by atoms with Crippen LogP contribution < -0.4 is 5.73 Å². The normalized spacial score (nSPS) is 10.5. The summed E-state index contributed by atoms with van der Waals surface area (Å²) < 4.78 is 13.1. The summed E-state index contributed by atoms with van der Waals surface area (Å²) in [5.74, 6) is 0.243. The van der Waals surface area contributed by atoms with E-state index in [4.69, 9.17) is 5.73 Å². The number of hydrogen-bond donors (Lipinski definition) is 1. The third kappa shape index (κ3) is 2.11. The molecule has 0 aliphatic rings. The fourth-order valence-corrected chi connectivity index (χ4v) is 1.90. The lowest BCUT2D eigenvalue weighted by Crippen LogP contribution is -2.02. The lowest BCUT2D eigenvalue weighted by molar-refractivity contribution is 0.627. The van der Waals surface area contributed by atoms with Crippen molar-refractivity contribution in [2.45, 2.75) is 20.3 Å². The Bertz CT molecular complexity index is 552. The van der Waals surface area contributed by atoms with Gasteiger partial charge in [0.1, 0.15) is 18.0 Å². The van der Waals surface area contributed by atoms with Crippen LogP contribution in [-0.2, 0) is 6.42 Å². The van der Waals surface area contributed by atoms with Crippen molar-refractivity contribution in [2.24, 2.45) is 0 Å². The van der Waals surface area contributed by atoms with Crippen LogP contribution in [0.3, 0.4) is 0 Å². The Hall–Kier alpha value is -1.97. The largest absolute Gasteiger partial charge is 0.383 e. The van der Waals surface area contributed by atoms with Gasteiger partial charge in [-0.1, -0.05) is 6.92 Å². The van der Waals surface area contributed by atoms with Gasteiger partial charge < -0.3 is 5.73 Å². The summed E-state index contributed by atoms with van der Waals surface area (Å²) in [6, 6.07) is 4.65. The fourth-order valence-electron chi connectivity index (χ4n) is 1.90. The summed E-state index contributed by atoms with van der Waals surface area (Å²) in [5.41, 5.74) is 9.26. The van der Waals surface area contributed by atoms with E-state index in [-0.39, 0.29) is 5.82 Å². The summed E-state index contributed by atoms with van der Waals surface area (Å²) >= 11 is 0. The first-order valence-electron chi connectivity index (χ1n) is 5.49. The second kappa shape index (κ2) is 4.49. The van der Waals surface area contributed by atoms with Crippen LogP contribution in [0, 0.1) is 12.7 Å². The zero-order valence-corrected chi connectivity index (χ0v) is 9.87. The van der Waals surface area contributed by atoms with Crippen LogP contribution in [-0.4, -0.2) is 9.97 Å². The van der Waals surface area contributed by atoms with Gasteiger partial charge in [0.15, 0.2) is 0 Å². The third-order valence-electron chi connectivity index (χ3n) is 2.78. The van der Waals surface area contributed by atoms with E-state index >= 15 is 0 Å². The molecule has 4 heteroatoms. The Balaban J connectivity index is 2.64. The number of nitrogens with zero attached hydrogens (tertiary/aromatic N) is 2. The van der Waals surface area contributed by atoms with Crippen molar-refractivity contribution >= 4 is 5.82 Å². The maximum Gasteiger partial charge on any atom is 0.130 e. The van der Waals surface area contributed by atoms with E-state index < -0.39 is 0 Å². The zero-order valence-electron chi connectivity index (χ0n) is 9.87. The molecule has 0 aliphatic heterocycles. The standard InChI is InChI=1S/C13H14FN3/c1-3-10-12(16-7-17-13(10)15)11-5-4-9(14)6-8(11)2/h4-7H,3H2,1-2H3,(H2,15,16,17). The van der Waals surface area contributed by atoms with Gasteiger partial charge in [-0.15, -0.1) is 0 Å². The molecule has 0 bridgehead atoms. The Morgan fingerprint density at radius 3 is 2.71 bits per heavy atom. The van der Waals surface area contributed by atoms with E-state index in [0.717, 1.165) is 28.8 Å². The van der Waals surface area contributed by atoms with Gasteiger partial charge in [0.2, 0.25) is 0 Å². The molecule has 2 N–H and O–H groups in total. The number of nitrogens with two attached hydrogens (primary N) is 1. The van der Waals surface area contributed by atoms with Gasteiger partial charge in [-0.25, -0.2) is 14.4 Å². The summed E-state index contributed by atoms with van der Waals surface area (Å²) in [6.45, 7) is 3.85. The average molecular weight is 231 g/mol. The van der Waals surface area contributed by atoms with Gasteiger partial charge in [0.25, 0.3) is 0 Å². The summed E-state index contributed by atoms with van der Waals surface area (Å²) in [5, 5.41) is 0. The second-order valence-electron chi connectivity index (χ2n) is 3.90. The van der Waals surface area contributed by atoms with E-state index in [1.807, 2.05) is 13.8 Å². The number of benzene rings is 1. The number of nitrogen functional groups attached to an aromatic ring is 1. The molecule has 0 radical (unpaired) electrons. The summed E-state index contributed by atoms with van der Waals surface area (Å²) in [7, 11) is 0. The summed E-state index contributed by atoms with van der Waals surface area (Å²) in [4.78, 5) is 8.23. The first-order valence-corrected chi connectivity index (χ1v) is 5.49. The van der Waals surface area contributed by atoms with Gasteiger partial charge in [-0.05, 0) is 37.1 Å². The maximum atomic E-state index is 13.1. The van der Waals surface area contributed by atoms with E-state index in [1.54, 1.807) is 6.07 Å². The maximum absolute atomic E-state index is 13.1. The number of rotatable bonds is 2. The molecule has 0 atom stereocenters. The number of hydrogen-bond acceptors (Lipinski definition) is 3. The molecule has 88 valence electrons. The van der Waals surface area contributed by atoms with E-state index in [0.29, 0.717) is 5.82 Å². The highest BCUT2D eigenvalue weighted by molar-refractivity contribution is 5.70. The van der Waals surface area contributed by atoms with Gasteiger partial charge >= 0.3 is 0 Å². The highest BCUT2D eigenvalue weighted by atomic mass is 19.1. The van der Waals surface area contributed by atoms with Gasteiger partial charge in [0.05, 0.1) is 5.69 Å². The molecule has 0 saturated carbocycles. The molecule has 1 heterocycles. The molecule has 17 heavy (non-hydrogen) atoms. The fraction of sp³-hybridized carbons (Fsp3) is 0.231. The molecule has 0 unspecified atom stereocenters. The minimum Gasteiger partial charge on any atom is -0.383 e. The van der Waals surface area contributed by atoms with Crippen LogP contribution in [0.5, 0.6) is 0 Å². The van der Waals surface area contributed by atoms with Crippen molar-refractivity contribution in [1.82, 2.24) is 9.97 Å². The van der Waals surface area contributed by atoms with Crippen molar-refractivity contribution in [3.63, 3.8) is 0 Å². The predicted molar refractivity (Wildman–Crippen MR) is 66.0 cm³/mol. The molecule has 0 spiro atoms. The molecule has 2 aromatic rings. The molecule has 3 nitrogen and oxygen atoms in total. The molecule has 0 fully saturated rings. The van der Waals surface area contributed by atoms with Crippen LogP contribution in [0.15, 0.2) is 24.5 Å². The third-order valence-corrected chi connectivity index (χ3v) is 2.78. The average Bonchev–Trinajstić information content (AvgIpc) is 2.29. The molecule has 0 aliphatic carbocycles. The number of aromatic nitrogens is 2. The molecule has 0 saturated heterocycles. The molecule has 2 rings (SSSR count). The van der Waals surface area contributed by atoms with Gasteiger partial charge in [0, 0.05) is 11.1 Å². The monoisotopic (exact) mass is 231 g/mol. The van der Waals surface area contributed by atoms with Crippen molar-refractivity contribution in [1.29, 1.82) is 0 Å². The number of halogens is 1. The van der Waals surface area contributed by atoms with Crippen LogP contribution in [0.1, 0.15) is 18.1 Å². The van der Waals surface area contributed by atoms with Crippen molar-refractivity contribution in [3.8, 4) is 11.3 Å². The number of anilines is 1. The highest BCUT2D eigenvalue weighted by Gasteiger charge is 2.11. The van der Waals surface area contributed by atoms with E-state index in [9.17, 15) is 4.39 Å². The van der Waals surface area contributed by atoms with Crippen LogP contribution >= 0.6 is 0 Å². The smallest absolute Gasteiger partial charge is 0.130 e. The molecule has 0 amide bonds. The minimum atomic E-state index is -0.244. The first kappa shape index (κ1) is 11.5. The van der Waals surface area contributed by atoms with Gasteiger partial charge in [-0.2, -0.15) is 0 Å². The molecular formula is C13H14FN3. The van der Waals surface area contributed by atoms with Crippen LogP contribution in [0.25, 0.3) is 11.3 Å². The Kier molecular flexibility index (Phi) is 3.04. The lowest BCUT2D eigenvalue weighted by Gasteiger charge is -2.11. The van der Waals surface area contributed by atoms with Crippen molar-refractivity contribution < 1.29 is 4.39 Å². The molecule has 1 aromatic carbocycles. The Labute approximate surface area is 99.5 Å². The zero-order chi connectivity index (χ0) is 12.4. The van der Waals surface area contributed by atoms with Crippen LogP contribution in [0.4, 0.5) is 10.2 Å². The molecule has 1 aromatic heterocycles. The van der Waals surface area contributed by atoms with Crippen LogP contribution in [0.2, 0.25) is 0 Å². The van der Waals surface area contributed by atoms with Crippen molar-refractivity contribution in [2.75, 3.05) is 5.73 Å². The first-order chi connectivity index (χ1) is 8.13. The minimum absolute atomic E-state index is 0.244. The topological polar surface area (TPSA) is 51.8 Å². The lowest BCUT2D eigenvalue weighted by atomic mass is 10.0. The predicted octanol–water partition coefficient (Wildman–Crippen LogP) is 2.74. The Morgan fingerprint density at radius 1 is 1.29 bits per heavy atom. The molecular weight excluding hydrogens is 217 g/mol. The second-order valence-corrected chi connectivity index (χ2v) is 3.90. The summed E-state index contributed by atoms with van der Waals surface area (Å²) in [6.07, 6.45) is 2.19. The highest BCUT2D eigenvalue weighted by Crippen LogP contribution is 2.27. The SMILES string of the molecule is CCc1c(N)ncnc1-c1ccc(F)cc1C. The number of aryl methyl sites for hydroxylation is 1. The Morgan fingerprint density at radius 2 is 2.06 bits per heavy atom. The van der Waals surface area contributed by atoms with E-state index in [2.05, 4.69) is 9.97 Å². The quantitative estimate of drug-likeness (QED) is 0.864.